The van der Waals surface area contributed by atoms with Crippen LogP contribution in [0.15, 0.2) is 40.3 Å². The van der Waals surface area contributed by atoms with Gasteiger partial charge in [-0.3, -0.25) is 4.79 Å². The summed E-state index contributed by atoms with van der Waals surface area (Å²) in [6, 6.07) is 7.13. The number of rotatable bonds is 3. The van der Waals surface area contributed by atoms with E-state index in [-0.39, 0.29) is 23.0 Å². The average Bonchev–Trinajstić information content (AvgIpc) is 2.44. The molecule has 7 heteroatoms. The van der Waals surface area contributed by atoms with Crippen molar-refractivity contribution in [3.8, 4) is 0 Å². The first-order chi connectivity index (χ1) is 9.93. The maximum absolute atomic E-state index is 13.0. The van der Waals surface area contributed by atoms with Crippen molar-refractivity contribution in [2.75, 3.05) is 0 Å². The van der Waals surface area contributed by atoms with Gasteiger partial charge in [-0.15, -0.1) is 0 Å². The van der Waals surface area contributed by atoms with Crippen molar-refractivity contribution in [2.45, 2.75) is 13.5 Å². The Morgan fingerprint density at radius 2 is 2.14 bits per heavy atom. The molecule has 5 nitrogen and oxygen atoms in total. The van der Waals surface area contributed by atoms with Crippen molar-refractivity contribution >= 4 is 17.4 Å². The zero-order chi connectivity index (χ0) is 15.6. The van der Waals surface area contributed by atoms with Crippen LogP contribution in [0.4, 0.5) is 4.39 Å². The van der Waals surface area contributed by atoms with Crippen LogP contribution in [0.5, 0.6) is 0 Å². The van der Waals surface area contributed by atoms with E-state index in [4.69, 9.17) is 22.5 Å². The van der Waals surface area contributed by atoms with E-state index < -0.39 is 11.4 Å². The lowest BCUT2D eigenvalue weighted by Crippen LogP contribution is -2.31. The molecule has 0 amide bonds. The second-order valence-corrected chi connectivity index (χ2v) is 4.91. The summed E-state index contributed by atoms with van der Waals surface area (Å²) in [6.45, 7) is 1.91. The molecule has 1 aromatic heterocycles. The number of hydrogen-bond donors (Lipinski definition) is 2. The highest BCUT2D eigenvalue weighted by atomic mass is 35.5. The normalized spacial score (nSPS) is 11.7. The number of hydrogen-bond acceptors (Lipinski definition) is 3. The number of aryl methyl sites for hydroxylation is 1. The molecule has 0 atom stereocenters. The summed E-state index contributed by atoms with van der Waals surface area (Å²) in [4.78, 5) is 12.3. The van der Waals surface area contributed by atoms with Crippen molar-refractivity contribution in [3.63, 3.8) is 0 Å². The van der Waals surface area contributed by atoms with Gasteiger partial charge < -0.3 is 15.5 Å². The minimum absolute atomic E-state index is 0.0846. The highest BCUT2D eigenvalue weighted by Gasteiger charge is 2.12. The SMILES string of the molecule is Cc1ccc(/C(N)=N/O)c(=O)n1Cc1ccc(F)cc1Cl. The van der Waals surface area contributed by atoms with E-state index in [1.807, 2.05) is 0 Å². The Balaban J connectivity index is 2.51. The van der Waals surface area contributed by atoms with Gasteiger partial charge in [-0.05, 0) is 36.8 Å². The number of nitrogens with zero attached hydrogens (tertiary/aromatic N) is 2. The fraction of sp³-hybridized carbons (Fsp3) is 0.143. The smallest absolute Gasteiger partial charge is 0.262 e. The van der Waals surface area contributed by atoms with Gasteiger partial charge in [-0.2, -0.15) is 0 Å². The number of pyridine rings is 1. The van der Waals surface area contributed by atoms with E-state index in [2.05, 4.69) is 5.16 Å². The van der Waals surface area contributed by atoms with E-state index in [1.54, 1.807) is 13.0 Å². The van der Waals surface area contributed by atoms with E-state index in [9.17, 15) is 9.18 Å². The number of aromatic nitrogens is 1. The maximum atomic E-state index is 13.0. The highest BCUT2D eigenvalue weighted by molar-refractivity contribution is 6.31. The molecule has 1 aromatic carbocycles. The van der Waals surface area contributed by atoms with E-state index in [0.29, 0.717) is 11.3 Å². The monoisotopic (exact) mass is 309 g/mol. The summed E-state index contributed by atoms with van der Waals surface area (Å²) in [5.41, 5.74) is 6.41. The highest BCUT2D eigenvalue weighted by Crippen LogP contribution is 2.18. The summed E-state index contributed by atoms with van der Waals surface area (Å²) in [5.74, 6) is -0.711. The van der Waals surface area contributed by atoms with Crippen molar-refractivity contribution in [1.29, 1.82) is 0 Å². The third-order valence-electron chi connectivity index (χ3n) is 3.12. The molecule has 0 fully saturated rings. The van der Waals surface area contributed by atoms with Crippen LogP contribution in [0.3, 0.4) is 0 Å². The standard InChI is InChI=1S/C14H13ClFN3O2/c1-8-2-5-11(13(17)18-21)14(20)19(8)7-9-3-4-10(16)6-12(9)15/h2-6,21H,7H2,1H3,(H2,17,18). The molecule has 0 radical (unpaired) electrons. The first-order valence-corrected chi connectivity index (χ1v) is 6.44. The third-order valence-corrected chi connectivity index (χ3v) is 3.47. The molecule has 0 spiro atoms. The predicted molar refractivity (Wildman–Crippen MR) is 78.5 cm³/mol. The van der Waals surface area contributed by atoms with Gasteiger partial charge in [0.05, 0.1) is 12.1 Å². The summed E-state index contributed by atoms with van der Waals surface area (Å²) < 4.78 is 14.5. The Kier molecular flexibility index (Phi) is 4.28. The van der Waals surface area contributed by atoms with Crippen LogP contribution >= 0.6 is 11.6 Å². The summed E-state index contributed by atoms with van der Waals surface area (Å²) >= 11 is 5.97. The molecule has 2 aromatic rings. The van der Waals surface area contributed by atoms with Crippen molar-refractivity contribution in [2.24, 2.45) is 10.9 Å². The Morgan fingerprint density at radius 3 is 2.76 bits per heavy atom. The Morgan fingerprint density at radius 1 is 1.43 bits per heavy atom. The van der Waals surface area contributed by atoms with Gasteiger partial charge in [0.2, 0.25) is 0 Å². The van der Waals surface area contributed by atoms with Gasteiger partial charge in [0, 0.05) is 10.7 Å². The molecule has 2 rings (SSSR count). The largest absolute Gasteiger partial charge is 0.409 e. The van der Waals surface area contributed by atoms with Gasteiger partial charge >= 0.3 is 0 Å². The molecule has 1 heterocycles. The van der Waals surface area contributed by atoms with E-state index in [0.717, 1.165) is 0 Å². The Hall–Kier alpha value is -2.34. The van der Waals surface area contributed by atoms with Crippen molar-refractivity contribution in [1.82, 2.24) is 4.57 Å². The lowest BCUT2D eigenvalue weighted by Gasteiger charge is -2.12. The number of oxime groups is 1. The van der Waals surface area contributed by atoms with Crippen LogP contribution in [-0.2, 0) is 6.54 Å². The van der Waals surface area contributed by atoms with E-state index >= 15 is 0 Å². The number of nitrogens with two attached hydrogens (primary N) is 1. The summed E-state index contributed by atoms with van der Waals surface area (Å²) in [5, 5.41) is 11.8. The van der Waals surface area contributed by atoms with Crippen LogP contribution in [0.25, 0.3) is 0 Å². The lowest BCUT2D eigenvalue weighted by molar-refractivity contribution is 0.318. The van der Waals surface area contributed by atoms with E-state index in [1.165, 1.54) is 28.8 Å². The molecule has 0 saturated heterocycles. The van der Waals surface area contributed by atoms with Gasteiger partial charge in [0.1, 0.15) is 5.82 Å². The lowest BCUT2D eigenvalue weighted by atomic mass is 10.2. The van der Waals surface area contributed by atoms with Crippen molar-refractivity contribution in [3.05, 3.63) is 68.3 Å². The number of halogens is 2. The van der Waals surface area contributed by atoms with Crippen LogP contribution in [0, 0.1) is 12.7 Å². The summed E-state index contributed by atoms with van der Waals surface area (Å²) in [7, 11) is 0. The van der Waals surface area contributed by atoms with Gasteiger partial charge in [0.25, 0.3) is 5.56 Å². The minimum Gasteiger partial charge on any atom is -0.409 e. The molecule has 0 unspecified atom stereocenters. The molecule has 0 aliphatic carbocycles. The van der Waals surface area contributed by atoms with Gasteiger partial charge in [-0.1, -0.05) is 22.8 Å². The van der Waals surface area contributed by atoms with Crippen LogP contribution in [-0.4, -0.2) is 15.6 Å². The predicted octanol–water partition coefficient (Wildman–Crippen LogP) is 2.09. The molecular formula is C14H13ClFN3O2. The van der Waals surface area contributed by atoms with Crippen LogP contribution in [0.2, 0.25) is 5.02 Å². The second-order valence-electron chi connectivity index (χ2n) is 4.50. The maximum Gasteiger partial charge on any atom is 0.262 e. The number of benzene rings is 1. The molecular weight excluding hydrogens is 297 g/mol. The average molecular weight is 310 g/mol. The third kappa shape index (κ3) is 3.05. The Bertz CT molecular complexity index is 771. The van der Waals surface area contributed by atoms with Gasteiger partial charge in [-0.25, -0.2) is 4.39 Å². The minimum atomic E-state index is -0.446. The van der Waals surface area contributed by atoms with Gasteiger partial charge in [0.15, 0.2) is 5.84 Å². The van der Waals surface area contributed by atoms with Crippen LogP contribution < -0.4 is 11.3 Å². The zero-order valence-corrected chi connectivity index (χ0v) is 11.9. The first kappa shape index (κ1) is 15.1. The summed E-state index contributed by atoms with van der Waals surface area (Å²) in [6.07, 6.45) is 0. The fourth-order valence-electron chi connectivity index (χ4n) is 1.94. The zero-order valence-electron chi connectivity index (χ0n) is 11.2. The quantitative estimate of drug-likeness (QED) is 0.394. The van der Waals surface area contributed by atoms with Crippen molar-refractivity contribution < 1.29 is 9.60 Å². The molecule has 0 aliphatic rings. The molecule has 0 aliphatic heterocycles. The van der Waals surface area contributed by atoms with Crippen LogP contribution in [0.1, 0.15) is 16.8 Å². The molecule has 3 N–H and O–H groups in total. The molecule has 0 bridgehead atoms. The first-order valence-electron chi connectivity index (χ1n) is 6.06. The molecule has 110 valence electrons. The molecule has 0 saturated carbocycles. The Labute approximate surface area is 125 Å². The second kappa shape index (κ2) is 5.97. The molecule has 21 heavy (non-hydrogen) atoms. The fourth-order valence-corrected chi connectivity index (χ4v) is 2.16. The topological polar surface area (TPSA) is 80.6 Å². The number of amidine groups is 1.